The molecular weight excluding hydrogens is 459 g/mol. The number of likely N-dealkylation sites (tertiary alicyclic amines) is 1. The summed E-state index contributed by atoms with van der Waals surface area (Å²) in [5.74, 6) is -0.717. The van der Waals surface area contributed by atoms with Gasteiger partial charge >= 0.3 is 6.03 Å². The largest absolute Gasteiger partial charge is 0.376 e. The van der Waals surface area contributed by atoms with Crippen molar-refractivity contribution in [1.29, 1.82) is 0 Å². The summed E-state index contributed by atoms with van der Waals surface area (Å²) >= 11 is 6.22. The van der Waals surface area contributed by atoms with Gasteiger partial charge in [0.2, 0.25) is 0 Å². The Kier molecular flexibility index (Phi) is 6.55. The molecular formula is C25H28ClFN4O3. The van der Waals surface area contributed by atoms with E-state index in [0.29, 0.717) is 55.4 Å². The number of amides is 3. The number of carbonyl (C=O) groups is 2. The monoisotopic (exact) mass is 486 g/mol. The van der Waals surface area contributed by atoms with E-state index in [-0.39, 0.29) is 30.3 Å². The lowest BCUT2D eigenvalue weighted by Crippen LogP contribution is -2.54. The van der Waals surface area contributed by atoms with Crippen LogP contribution in [0.2, 0.25) is 5.02 Å². The standard InChI is InChI=1S/C25H28ClFN4O3/c26-20-6-3-7-21(27)19(20)16-30-12-9-17(10-13-30)25(22-8-1-2-11-28-22)23(32)31(24(33)29-25)15-18-5-4-14-34-18/h1-3,6-8,11,17-18H,4-5,9-10,12-16H2,(H,29,33)/t18-,25-/m1/s1. The predicted molar refractivity (Wildman–Crippen MR) is 125 cm³/mol. The Hall–Kier alpha value is -2.55. The van der Waals surface area contributed by atoms with Crippen LogP contribution in [-0.4, -0.2) is 59.1 Å². The molecule has 180 valence electrons. The average molecular weight is 487 g/mol. The Balaban J connectivity index is 1.36. The first-order valence-electron chi connectivity index (χ1n) is 11.8. The van der Waals surface area contributed by atoms with E-state index < -0.39 is 11.6 Å². The van der Waals surface area contributed by atoms with Crippen molar-refractivity contribution < 1.29 is 18.7 Å². The summed E-state index contributed by atoms with van der Waals surface area (Å²) in [6.07, 6.45) is 4.61. The second kappa shape index (κ2) is 9.60. The van der Waals surface area contributed by atoms with Crippen molar-refractivity contribution in [3.05, 3.63) is 64.7 Å². The van der Waals surface area contributed by atoms with E-state index in [1.165, 1.54) is 11.0 Å². The van der Waals surface area contributed by atoms with Crippen molar-refractivity contribution in [1.82, 2.24) is 20.1 Å². The highest BCUT2D eigenvalue weighted by Crippen LogP contribution is 2.41. The maximum Gasteiger partial charge on any atom is 0.325 e. The van der Waals surface area contributed by atoms with Gasteiger partial charge in [0, 0.05) is 29.9 Å². The first kappa shape index (κ1) is 23.2. The number of hydrogen-bond acceptors (Lipinski definition) is 5. The molecule has 1 aromatic heterocycles. The molecule has 3 amide bonds. The third-order valence-corrected chi connectivity index (χ3v) is 7.61. The number of urea groups is 1. The van der Waals surface area contributed by atoms with Crippen LogP contribution in [0.1, 0.15) is 36.9 Å². The summed E-state index contributed by atoms with van der Waals surface area (Å²) in [4.78, 5) is 34.8. The molecule has 2 atom stereocenters. The minimum absolute atomic E-state index is 0.124. The fourth-order valence-corrected chi connectivity index (χ4v) is 5.66. The lowest BCUT2D eigenvalue weighted by Gasteiger charge is -2.40. The Labute approximate surface area is 203 Å². The smallest absolute Gasteiger partial charge is 0.325 e. The van der Waals surface area contributed by atoms with Crippen LogP contribution < -0.4 is 5.32 Å². The summed E-state index contributed by atoms with van der Waals surface area (Å²) in [6, 6.07) is 9.74. The van der Waals surface area contributed by atoms with Gasteiger partial charge in [0.25, 0.3) is 5.91 Å². The van der Waals surface area contributed by atoms with Gasteiger partial charge in [0.15, 0.2) is 5.54 Å². The minimum atomic E-state index is -1.21. The molecule has 0 bridgehead atoms. The third-order valence-electron chi connectivity index (χ3n) is 7.25. The lowest BCUT2D eigenvalue weighted by atomic mass is 9.75. The fraction of sp³-hybridized carbons (Fsp3) is 0.480. The van der Waals surface area contributed by atoms with E-state index in [1.807, 2.05) is 6.07 Å². The summed E-state index contributed by atoms with van der Waals surface area (Å²) in [5, 5.41) is 3.44. The number of nitrogens with zero attached hydrogens (tertiary/aromatic N) is 3. The second-order valence-corrected chi connectivity index (χ2v) is 9.66. The van der Waals surface area contributed by atoms with Gasteiger partial charge in [-0.2, -0.15) is 0 Å². The van der Waals surface area contributed by atoms with Gasteiger partial charge in [-0.25, -0.2) is 9.18 Å². The molecule has 3 aliphatic heterocycles. The summed E-state index contributed by atoms with van der Waals surface area (Å²) in [5.41, 5.74) is -0.174. The number of hydrogen-bond donors (Lipinski definition) is 1. The Morgan fingerprint density at radius 1 is 1.15 bits per heavy atom. The van der Waals surface area contributed by atoms with Gasteiger partial charge in [-0.15, -0.1) is 0 Å². The molecule has 4 heterocycles. The number of carbonyl (C=O) groups excluding carboxylic acids is 2. The number of nitrogens with one attached hydrogen (secondary N) is 1. The van der Waals surface area contributed by atoms with Crippen molar-refractivity contribution in [2.24, 2.45) is 5.92 Å². The number of aromatic nitrogens is 1. The number of imide groups is 1. The Bertz CT molecular complexity index is 1040. The molecule has 5 rings (SSSR count). The molecule has 7 nitrogen and oxygen atoms in total. The molecule has 1 N–H and O–H groups in total. The van der Waals surface area contributed by atoms with Crippen LogP contribution in [0.3, 0.4) is 0 Å². The van der Waals surface area contributed by atoms with Crippen LogP contribution in [0.4, 0.5) is 9.18 Å². The van der Waals surface area contributed by atoms with Crippen molar-refractivity contribution in [3.8, 4) is 0 Å². The number of halogens is 2. The van der Waals surface area contributed by atoms with Gasteiger partial charge in [0.05, 0.1) is 18.3 Å². The average Bonchev–Trinajstić information content (AvgIpc) is 3.45. The van der Waals surface area contributed by atoms with Crippen LogP contribution in [0.15, 0.2) is 42.6 Å². The van der Waals surface area contributed by atoms with Gasteiger partial charge in [0.1, 0.15) is 5.82 Å². The molecule has 0 spiro atoms. The highest BCUT2D eigenvalue weighted by molar-refractivity contribution is 6.31. The molecule has 9 heteroatoms. The number of pyridine rings is 1. The minimum Gasteiger partial charge on any atom is -0.376 e. The molecule has 0 unspecified atom stereocenters. The van der Waals surface area contributed by atoms with Crippen LogP contribution in [0, 0.1) is 11.7 Å². The highest BCUT2D eigenvalue weighted by atomic mass is 35.5. The molecule has 3 aliphatic rings. The molecule has 0 aliphatic carbocycles. The zero-order valence-electron chi connectivity index (χ0n) is 18.9. The molecule has 0 saturated carbocycles. The first-order chi connectivity index (χ1) is 16.5. The van der Waals surface area contributed by atoms with Crippen molar-refractivity contribution in [3.63, 3.8) is 0 Å². The van der Waals surface area contributed by atoms with E-state index in [4.69, 9.17) is 16.3 Å². The van der Waals surface area contributed by atoms with Crippen molar-refractivity contribution >= 4 is 23.5 Å². The number of rotatable bonds is 6. The normalized spacial score (nSPS) is 26.3. The Morgan fingerprint density at radius 2 is 1.97 bits per heavy atom. The number of piperidine rings is 1. The molecule has 2 aromatic rings. The van der Waals surface area contributed by atoms with E-state index >= 15 is 0 Å². The molecule has 34 heavy (non-hydrogen) atoms. The quantitative estimate of drug-likeness (QED) is 0.630. The highest BCUT2D eigenvalue weighted by Gasteiger charge is 2.58. The fourth-order valence-electron chi connectivity index (χ4n) is 5.44. The van der Waals surface area contributed by atoms with Crippen LogP contribution in [0.5, 0.6) is 0 Å². The molecule has 3 fully saturated rings. The van der Waals surface area contributed by atoms with E-state index in [2.05, 4.69) is 15.2 Å². The summed E-state index contributed by atoms with van der Waals surface area (Å²) in [6.45, 7) is 2.62. The van der Waals surface area contributed by atoms with Crippen LogP contribution >= 0.6 is 11.6 Å². The van der Waals surface area contributed by atoms with E-state index in [0.717, 1.165) is 12.8 Å². The second-order valence-electron chi connectivity index (χ2n) is 9.25. The number of benzene rings is 1. The van der Waals surface area contributed by atoms with Gasteiger partial charge in [-0.1, -0.05) is 23.7 Å². The Morgan fingerprint density at radius 3 is 2.65 bits per heavy atom. The van der Waals surface area contributed by atoms with Crippen molar-refractivity contribution in [2.75, 3.05) is 26.2 Å². The summed E-state index contributed by atoms with van der Waals surface area (Å²) < 4.78 is 20.0. The van der Waals surface area contributed by atoms with Crippen molar-refractivity contribution in [2.45, 2.75) is 43.9 Å². The van der Waals surface area contributed by atoms with E-state index in [1.54, 1.807) is 30.5 Å². The number of ether oxygens (including phenoxy) is 1. The molecule has 3 saturated heterocycles. The van der Waals surface area contributed by atoms with Gasteiger partial charge < -0.3 is 10.1 Å². The zero-order chi connectivity index (χ0) is 23.7. The third kappa shape index (κ3) is 4.19. The lowest BCUT2D eigenvalue weighted by molar-refractivity contribution is -0.135. The predicted octanol–water partition coefficient (Wildman–Crippen LogP) is 3.71. The molecule has 0 radical (unpaired) electrons. The first-order valence-corrected chi connectivity index (χ1v) is 12.2. The topological polar surface area (TPSA) is 74.8 Å². The zero-order valence-corrected chi connectivity index (χ0v) is 19.6. The maximum absolute atomic E-state index is 14.3. The van der Waals surface area contributed by atoms with Crippen LogP contribution in [0.25, 0.3) is 0 Å². The van der Waals surface area contributed by atoms with Gasteiger partial charge in [-0.05, 0) is 69.0 Å². The summed E-state index contributed by atoms with van der Waals surface area (Å²) in [7, 11) is 0. The molecule has 1 aromatic carbocycles. The van der Waals surface area contributed by atoms with Crippen LogP contribution in [-0.2, 0) is 21.6 Å². The van der Waals surface area contributed by atoms with Gasteiger partial charge in [-0.3, -0.25) is 19.6 Å². The SMILES string of the molecule is O=C1N[C@@](c2ccccn2)(C2CCN(Cc3c(F)cccc3Cl)CC2)C(=O)N1C[C@H]1CCCO1. The maximum atomic E-state index is 14.3. The van der Waals surface area contributed by atoms with E-state index in [9.17, 15) is 14.0 Å².